The SMILES string of the molecule is CCN(CC)C(=O)OC(/C=C\COC(=O)COCc1ccccc1)=C(F)F. The number of esters is 1. The summed E-state index contributed by atoms with van der Waals surface area (Å²) in [6.07, 6.45) is -0.989. The number of benzene rings is 1. The molecule has 0 atom stereocenters. The van der Waals surface area contributed by atoms with Crippen molar-refractivity contribution in [3.63, 3.8) is 0 Å². The molecule has 0 radical (unpaired) electrons. The third-order valence-electron chi connectivity index (χ3n) is 3.35. The molecule has 8 heteroatoms. The van der Waals surface area contributed by atoms with Crippen molar-refractivity contribution in [1.29, 1.82) is 0 Å². The molecule has 0 N–H and O–H groups in total. The van der Waals surface area contributed by atoms with Gasteiger partial charge in [-0.1, -0.05) is 30.3 Å². The third kappa shape index (κ3) is 8.96. The second-order valence-electron chi connectivity index (χ2n) is 5.23. The van der Waals surface area contributed by atoms with Gasteiger partial charge < -0.3 is 19.1 Å². The van der Waals surface area contributed by atoms with Crippen molar-refractivity contribution in [1.82, 2.24) is 4.90 Å². The van der Waals surface area contributed by atoms with E-state index >= 15 is 0 Å². The largest absolute Gasteiger partial charge is 0.460 e. The summed E-state index contributed by atoms with van der Waals surface area (Å²) < 4.78 is 40.4. The molecular weight excluding hydrogens is 360 g/mol. The van der Waals surface area contributed by atoms with E-state index in [0.717, 1.165) is 17.7 Å². The molecular formula is C19H23F2NO5. The van der Waals surface area contributed by atoms with Crippen LogP contribution in [0.15, 0.2) is 54.3 Å². The van der Waals surface area contributed by atoms with Crippen LogP contribution in [-0.2, 0) is 25.6 Å². The van der Waals surface area contributed by atoms with Crippen molar-refractivity contribution in [2.45, 2.75) is 20.5 Å². The molecule has 0 bridgehead atoms. The van der Waals surface area contributed by atoms with Crippen molar-refractivity contribution < 1.29 is 32.6 Å². The lowest BCUT2D eigenvalue weighted by molar-refractivity contribution is -0.148. The zero-order valence-electron chi connectivity index (χ0n) is 15.3. The maximum Gasteiger partial charge on any atom is 0.415 e. The lowest BCUT2D eigenvalue weighted by Gasteiger charge is -2.17. The monoisotopic (exact) mass is 383 g/mol. The summed E-state index contributed by atoms with van der Waals surface area (Å²) in [7, 11) is 0. The number of allylic oxidation sites excluding steroid dienone is 1. The van der Waals surface area contributed by atoms with Gasteiger partial charge in [0.25, 0.3) is 0 Å². The number of amides is 1. The number of halogens is 2. The Morgan fingerprint density at radius 1 is 1.11 bits per heavy atom. The highest BCUT2D eigenvalue weighted by molar-refractivity contribution is 5.71. The summed E-state index contributed by atoms with van der Waals surface area (Å²) in [4.78, 5) is 24.5. The van der Waals surface area contributed by atoms with Gasteiger partial charge in [-0.2, -0.15) is 8.78 Å². The van der Waals surface area contributed by atoms with Crippen LogP contribution in [0.4, 0.5) is 13.6 Å². The topological polar surface area (TPSA) is 65.1 Å². The van der Waals surface area contributed by atoms with Crippen LogP contribution in [0.2, 0.25) is 0 Å². The molecule has 0 unspecified atom stereocenters. The lowest BCUT2D eigenvalue weighted by atomic mass is 10.2. The highest BCUT2D eigenvalue weighted by Crippen LogP contribution is 2.13. The normalized spacial score (nSPS) is 10.5. The van der Waals surface area contributed by atoms with Crippen LogP contribution in [0.5, 0.6) is 0 Å². The standard InChI is InChI=1S/C19H23F2NO5/c1-3-22(4-2)19(24)27-16(18(20)21)11-8-12-26-17(23)14-25-13-15-9-6-5-7-10-15/h5-11H,3-4,12-14H2,1-2H3/b11-8-. The van der Waals surface area contributed by atoms with Gasteiger partial charge in [-0.05, 0) is 31.6 Å². The first-order valence-electron chi connectivity index (χ1n) is 8.43. The molecule has 0 saturated heterocycles. The van der Waals surface area contributed by atoms with E-state index in [2.05, 4.69) is 4.74 Å². The van der Waals surface area contributed by atoms with E-state index in [-0.39, 0.29) is 19.8 Å². The lowest BCUT2D eigenvalue weighted by Crippen LogP contribution is -2.30. The Morgan fingerprint density at radius 3 is 2.37 bits per heavy atom. The molecule has 0 aromatic heterocycles. The molecule has 148 valence electrons. The van der Waals surface area contributed by atoms with E-state index < -0.39 is 23.9 Å². The van der Waals surface area contributed by atoms with Gasteiger partial charge in [0.15, 0.2) is 5.76 Å². The fraction of sp³-hybridized carbons (Fsp3) is 0.368. The average Bonchev–Trinajstić information content (AvgIpc) is 2.65. The number of carbonyl (C=O) groups is 2. The van der Waals surface area contributed by atoms with Gasteiger partial charge in [-0.15, -0.1) is 0 Å². The van der Waals surface area contributed by atoms with Gasteiger partial charge in [0.1, 0.15) is 13.2 Å². The molecule has 0 saturated carbocycles. The first-order valence-corrected chi connectivity index (χ1v) is 8.43. The molecule has 0 fully saturated rings. The Kier molecular flexibility index (Phi) is 10.4. The molecule has 0 spiro atoms. The van der Waals surface area contributed by atoms with E-state index in [1.54, 1.807) is 13.8 Å². The number of ether oxygens (including phenoxy) is 3. The van der Waals surface area contributed by atoms with Crippen LogP contribution in [0.1, 0.15) is 19.4 Å². The molecule has 0 aliphatic heterocycles. The van der Waals surface area contributed by atoms with Gasteiger partial charge in [-0.3, -0.25) is 0 Å². The summed E-state index contributed by atoms with van der Waals surface area (Å²) in [6.45, 7) is 3.81. The smallest absolute Gasteiger partial charge is 0.415 e. The molecule has 0 aliphatic carbocycles. The Labute approximate surface area is 157 Å². The quantitative estimate of drug-likeness (QED) is 0.348. The van der Waals surface area contributed by atoms with Gasteiger partial charge in [0.2, 0.25) is 0 Å². The van der Waals surface area contributed by atoms with E-state index in [0.29, 0.717) is 13.1 Å². The number of hydrogen-bond acceptors (Lipinski definition) is 5. The number of hydrogen-bond donors (Lipinski definition) is 0. The maximum absolute atomic E-state index is 12.8. The van der Waals surface area contributed by atoms with Crippen molar-refractivity contribution in [3.05, 3.63) is 59.9 Å². The minimum atomic E-state index is -2.15. The van der Waals surface area contributed by atoms with Gasteiger partial charge in [-0.25, -0.2) is 9.59 Å². The van der Waals surface area contributed by atoms with Crippen molar-refractivity contribution in [2.75, 3.05) is 26.3 Å². The molecule has 6 nitrogen and oxygen atoms in total. The Morgan fingerprint density at radius 2 is 1.78 bits per heavy atom. The highest BCUT2D eigenvalue weighted by atomic mass is 19.3. The van der Waals surface area contributed by atoms with Crippen molar-refractivity contribution in [3.8, 4) is 0 Å². The number of rotatable bonds is 10. The van der Waals surface area contributed by atoms with E-state index in [1.807, 2.05) is 30.3 Å². The summed E-state index contributed by atoms with van der Waals surface area (Å²) in [5.74, 6) is -1.52. The first kappa shape index (κ1) is 22.3. The van der Waals surface area contributed by atoms with Gasteiger partial charge >= 0.3 is 18.1 Å². The minimum absolute atomic E-state index is 0.257. The fourth-order valence-electron chi connectivity index (χ4n) is 1.94. The van der Waals surface area contributed by atoms with Crippen LogP contribution in [0.25, 0.3) is 0 Å². The van der Waals surface area contributed by atoms with Crippen LogP contribution in [0.3, 0.4) is 0 Å². The second kappa shape index (κ2) is 12.6. The molecule has 1 rings (SSSR count). The van der Waals surface area contributed by atoms with Crippen molar-refractivity contribution >= 4 is 12.1 Å². The Bertz CT molecular complexity index is 653. The average molecular weight is 383 g/mol. The molecule has 0 heterocycles. The zero-order valence-corrected chi connectivity index (χ0v) is 15.3. The van der Waals surface area contributed by atoms with E-state index in [9.17, 15) is 18.4 Å². The van der Waals surface area contributed by atoms with E-state index in [4.69, 9.17) is 9.47 Å². The first-order chi connectivity index (χ1) is 13.0. The third-order valence-corrected chi connectivity index (χ3v) is 3.35. The van der Waals surface area contributed by atoms with Gasteiger partial charge in [0.05, 0.1) is 6.61 Å². The van der Waals surface area contributed by atoms with Crippen LogP contribution >= 0.6 is 0 Å². The number of nitrogens with zero attached hydrogens (tertiary/aromatic N) is 1. The second-order valence-corrected chi connectivity index (χ2v) is 5.23. The van der Waals surface area contributed by atoms with Crippen LogP contribution < -0.4 is 0 Å². The maximum atomic E-state index is 12.8. The van der Waals surface area contributed by atoms with E-state index in [1.165, 1.54) is 4.90 Å². The highest BCUT2D eigenvalue weighted by Gasteiger charge is 2.15. The zero-order chi connectivity index (χ0) is 20.1. The van der Waals surface area contributed by atoms with Gasteiger partial charge in [0, 0.05) is 13.1 Å². The summed E-state index contributed by atoms with van der Waals surface area (Å²) >= 11 is 0. The van der Waals surface area contributed by atoms with Crippen LogP contribution in [-0.4, -0.2) is 43.3 Å². The predicted octanol–water partition coefficient (Wildman–Crippen LogP) is 3.89. The molecule has 0 aliphatic rings. The minimum Gasteiger partial charge on any atom is -0.460 e. The fourth-order valence-corrected chi connectivity index (χ4v) is 1.94. The van der Waals surface area contributed by atoms with Crippen LogP contribution in [0, 0.1) is 0 Å². The molecule has 27 heavy (non-hydrogen) atoms. The summed E-state index contributed by atoms with van der Waals surface area (Å²) in [6, 6.07) is 9.28. The predicted molar refractivity (Wildman–Crippen MR) is 94.8 cm³/mol. The summed E-state index contributed by atoms with van der Waals surface area (Å²) in [5, 5.41) is 0. The molecule has 1 aromatic carbocycles. The Balaban J connectivity index is 2.36. The van der Waals surface area contributed by atoms with Crippen molar-refractivity contribution in [2.24, 2.45) is 0 Å². The summed E-state index contributed by atoms with van der Waals surface area (Å²) in [5.41, 5.74) is 0.911. The molecule has 1 aromatic rings. The Hall–Kier alpha value is -2.74. The number of carbonyl (C=O) groups excluding carboxylic acids is 2. The molecule has 1 amide bonds.